The largest absolute Gasteiger partial charge is 0.327 e. The fourth-order valence-electron chi connectivity index (χ4n) is 2.20. The number of nitrogens with two attached hydrogens (primary N) is 1. The first-order chi connectivity index (χ1) is 8.84. The molecule has 0 amide bonds. The number of nitrogens with zero attached hydrogens (tertiary/aromatic N) is 1. The van der Waals surface area contributed by atoms with E-state index in [9.17, 15) is 17.2 Å². The molecule has 0 spiro atoms. The van der Waals surface area contributed by atoms with Crippen LogP contribution >= 0.6 is 12.4 Å². The molecule has 0 radical (unpaired) electrons. The van der Waals surface area contributed by atoms with Crippen LogP contribution in [0.3, 0.4) is 0 Å². The minimum Gasteiger partial charge on any atom is -0.327 e. The third-order valence-corrected chi connectivity index (χ3v) is 5.37. The van der Waals surface area contributed by atoms with Gasteiger partial charge in [-0.1, -0.05) is 13.0 Å². The molecule has 8 heteroatoms. The number of benzene rings is 1. The number of sulfonamides is 1. The molecule has 1 aromatic rings. The maximum absolute atomic E-state index is 13.6. The van der Waals surface area contributed by atoms with Crippen molar-refractivity contribution in [2.45, 2.75) is 24.3 Å². The van der Waals surface area contributed by atoms with Gasteiger partial charge < -0.3 is 5.73 Å². The Morgan fingerprint density at radius 2 is 1.85 bits per heavy atom. The summed E-state index contributed by atoms with van der Waals surface area (Å²) in [7, 11) is -4.15. The topological polar surface area (TPSA) is 63.4 Å². The van der Waals surface area contributed by atoms with E-state index in [1.54, 1.807) is 0 Å². The first-order valence-corrected chi connectivity index (χ1v) is 7.48. The van der Waals surface area contributed by atoms with Crippen LogP contribution in [0, 0.1) is 17.6 Å². The van der Waals surface area contributed by atoms with Crippen LogP contribution in [0.4, 0.5) is 8.78 Å². The van der Waals surface area contributed by atoms with Gasteiger partial charge in [-0.2, -0.15) is 4.31 Å². The lowest BCUT2D eigenvalue weighted by Gasteiger charge is -2.34. The van der Waals surface area contributed by atoms with E-state index in [4.69, 9.17) is 5.73 Å². The second-order valence-corrected chi connectivity index (χ2v) is 6.72. The van der Waals surface area contributed by atoms with Gasteiger partial charge >= 0.3 is 0 Å². The van der Waals surface area contributed by atoms with Crippen molar-refractivity contribution in [2.24, 2.45) is 11.7 Å². The van der Waals surface area contributed by atoms with Gasteiger partial charge in [-0.05, 0) is 24.5 Å². The summed E-state index contributed by atoms with van der Waals surface area (Å²) in [5.74, 6) is -2.18. The van der Waals surface area contributed by atoms with Crippen LogP contribution in [0.5, 0.6) is 0 Å². The molecule has 1 aliphatic heterocycles. The van der Waals surface area contributed by atoms with Crippen LogP contribution < -0.4 is 5.73 Å². The van der Waals surface area contributed by atoms with Gasteiger partial charge in [-0.3, -0.25) is 0 Å². The van der Waals surface area contributed by atoms with Crippen LogP contribution in [0.25, 0.3) is 0 Å². The van der Waals surface area contributed by atoms with Crippen molar-refractivity contribution in [3.05, 3.63) is 29.8 Å². The summed E-state index contributed by atoms with van der Waals surface area (Å²) in [6.45, 7) is 2.18. The van der Waals surface area contributed by atoms with E-state index in [-0.39, 0.29) is 37.5 Å². The third kappa shape index (κ3) is 3.11. The smallest absolute Gasteiger partial charge is 0.248 e. The highest BCUT2D eigenvalue weighted by molar-refractivity contribution is 7.89. The molecule has 0 saturated carbocycles. The Morgan fingerprint density at radius 3 is 2.35 bits per heavy atom. The summed E-state index contributed by atoms with van der Waals surface area (Å²) in [6, 6.07) is 2.93. The molecule has 0 bridgehead atoms. The van der Waals surface area contributed by atoms with Crippen molar-refractivity contribution in [1.29, 1.82) is 0 Å². The number of piperidine rings is 1. The van der Waals surface area contributed by atoms with Crippen LogP contribution in [0.15, 0.2) is 23.1 Å². The molecule has 2 N–H and O–H groups in total. The van der Waals surface area contributed by atoms with Crippen LogP contribution in [-0.4, -0.2) is 31.9 Å². The second-order valence-electron chi connectivity index (χ2n) is 4.84. The highest BCUT2D eigenvalue weighted by Crippen LogP contribution is 2.26. The molecule has 1 fully saturated rings. The van der Waals surface area contributed by atoms with Crippen LogP contribution in [-0.2, 0) is 10.0 Å². The molecule has 2 rings (SSSR count). The summed E-state index contributed by atoms with van der Waals surface area (Å²) in [5.41, 5.74) is 5.81. The van der Waals surface area contributed by atoms with Gasteiger partial charge in [0, 0.05) is 19.1 Å². The molecule has 0 aromatic heterocycles. The minimum atomic E-state index is -4.15. The molecule has 2 atom stereocenters. The molecule has 20 heavy (non-hydrogen) atoms. The molecule has 1 aromatic carbocycles. The van der Waals surface area contributed by atoms with Gasteiger partial charge in [-0.15, -0.1) is 12.4 Å². The Kier molecular flexibility index (Phi) is 5.48. The number of halogens is 3. The van der Waals surface area contributed by atoms with Crippen molar-refractivity contribution >= 4 is 22.4 Å². The van der Waals surface area contributed by atoms with Crippen LogP contribution in [0.1, 0.15) is 13.3 Å². The predicted molar refractivity (Wildman–Crippen MR) is 74.1 cm³/mol. The van der Waals surface area contributed by atoms with Gasteiger partial charge in [0.1, 0.15) is 11.6 Å². The molecular weight excluding hydrogens is 310 g/mol. The highest BCUT2D eigenvalue weighted by Gasteiger charge is 2.35. The van der Waals surface area contributed by atoms with E-state index in [1.807, 2.05) is 6.92 Å². The minimum absolute atomic E-state index is 0. The average molecular weight is 327 g/mol. The van der Waals surface area contributed by atoms with Gasteiger partial charge in [0.15, 0.2) is 4.90 Å². The van der Waals surface area contributed by atoms with E-state index in [1.165, 1.54) is 0 Å². The molecule has 1 heterocycles. The summed E-state index contributed by atoms with van der Waals surface area (Å²) in [6.07, 6.45) is 0.483. The van der Waals surface area contributed by atoms with Gasteiger partial charge in [0.05, 0.1) is 0 Å². The molecule has 4 nitrogen and oxygen atoms in total. The van der Waals surface area contributed by atoms with Gasteiger partial charge in [0.2, 0.25) is 10.0 Å². The first-order valence-electron chi connectivity index (χ1n) is 6.03. The maximum Gasteiger partial charge on any atom is 0.248 e. The lowest BCUT2D eigenvalue weighted by atomic mass is 9.96. The zero-order valence-corrected chi connectivity index (χ0v) is 12.6. The lowest BCUT2D eigenvalue weighted by Crippen LogP contribution is -2.48. The predicted octanol–water partition coefficient (Wildman–Crippen LogP) is 1.74. The number of hydrogen-bond donors (Lipinski definition) is 1. The highest BCUT2D eigenvalue weighted by atomic mass is 35.5. The van der Waals surface area contributed by atoms with Crippen molar-refractivity contribution < 1.29 is 17.2 Å². The Hall–Kier alpha value is -0.760. The number of rotatable bonds is 2. The molecular formula is C12H17ClF2N2O2S. The molecule has 2 unspecified atom stereocenters. The van der Waals surface area contributed by atoms with Gasteiger partial charge in [0.25, 0.3) is 0 Å². The number of hydrogen-bond acceptors (Lipinski definition) is 3. The zero-order valence-electron chi connectivity index (χ0n) is 10.9. The summed E-state index contributed by atoms with van der Waals surface area (Å²) in [4.78, 5) is -0.877. The van der Waals surface area contributed by atoms with E-state index in [0.717, 1.165) is 22.5 Å². The maximum atomic E-state index is 13.6. The SMILES string of the molecule is CC1CN(S(=O)(=O)c2c(F)cccc2F)CCC1N.Cl. The fraction of sp³-hybridized carbons (Fsp3) is 0.500. The van der Waals surface area contributed by atoms with E-state index >= 15 is 0 Å². The molecule has 0 aliphatic carbocycles. The standard InChI is InChI=1S/C12H16F2N2O2S.ClH/c1-8-7-16(6-5-11(8)15)19(17,18)12-9(13)3-2-4-10(12)14;/h2-4,8,11H,5-7,15H2,1H3;1H. The lowest BCUT2D eigenvalue weighted by molar-refractivity contribution is 0.249. The monoisotopic (exact) mass is 326 g/mol. The quantitative estimate of drug-likeness (QED) is 0.900. The van der Waals surface area contributed by atoms with Crippen molar-refractivity contribution in [1.82, 2.24) is 4.31 Å². The van der Waals surface area contributed by atoms with Crippen LogP contribution in [0.2, 0.25) is 0 Å². The third-order valence-electron chi connectivity index (χ3n) is 3.45. The van der Waals surface area contributed by atoms with Gasteiger partial charge in [-0.25, -0.2) is 17.2 Å². The molecule has 1 aliphatic rings. The normalized spacial score (nSPS) is 24.2. The Bertz CT molecular complexity index is 563. The molecule has 1 saturated heterocycles. The zero-order chi connectivity index (χ0) is 14.2. The Balaban J connectivity index is 0.00000200. The van der Waals surface area contributed by atoms with Crippen molar-refractivity contribution in [3.8, 4) is 0 Å². The summed E-state index contributed by atoms with van der Waals surface area (Å²) in [5, 5.41) is 0. The second kappa shape index (κ2) is 6.34. The Labute approximate surface area is 123 Å². The Morgan fingerprint density at radius 1 is 1.30 bits per heavy atom. The van der Waals surface area contributed by atoms with E-state index < -0.39 is 26.6 Å². The molecule has 114 valence electrons. The average Bonchev–Trinajstić information content (AvgIpc) is 2.32. The van der Waals surface area contributed by atoms with E-state index in [0.29, 0.717) is 6.42 Å². The fourth-order valence-corrected chi connectivity index (χ4v) is 3.87. The first kappa shape index (κ1) is 17.3. The summed E-state index contributed by atoms with van der Waals surface area (Å²) >= 11 is 0. The van der Waals surface area contributed by atoms with E-state index in [2.05, 4.69) is 0 Å². The van der Waals surface area contributed by atoms with Crippen molar-refractivity contribution in [2.75, 3.05) is 13.1 Å². The van der Waals surface area contributed by atoms with Crippen molar-refractivity contribution in [3.63, 3.8) is 0 Å². The summed E-state index contributed by atoms with van der Waals surface area (Å²) < 4.78 is 52.9.